The Morgan fingerprint density at radius 1 is 1.26 bits per heavy atom. The normalized spacial score (nSPS) is 9.89. The fourth-order valence-electron chi connectivity index (χ4n) is 1.30. The fraction of sp³-hybridized carbons (Fsp3) is 0.0909. The lowest BCUT2D eigenvalue weighted by Crippen LogP contribution is -2.28. The number of carboxylic acid groups (broad SMARTS) is 1. The monoisotopic (exact) mass is 278 g/mol. The lowest BCUT2D eigenvalue weighted by molar-refractivity contribution is 0.0696. The van der Waals surface area contributed by atoms with E-state index in [4.69, 9.17) is 5.11 Å². The molecule has 0 aliphatic heterocycles. The Morgan fingerprint density at radius 3 is 2.79 bits per heavy atom. The highest BCUT2D eigenvalue weighted by Crippen LogP contribution is 2.08. The summed E-state index contributed by atoms with van der Waals surface area (Å²) in [5.74, 6) is -1.10. The third-order valence-corrected chi connectivity index (χ3v) is 2.93. The van der Waals surface area contributed by atoms with Crippen molar-refractivity contribution in [2.24, 2.45) is 0 Å². The van der Waals surface area contributed by atoms with Gasteiger partial charge in [-0.2, -0.15) is 0 Å². The molecule has 0 bridgehead atoms. The first-order chi connectivity index (χ1) is 9.15. The molecular formula is C11H10N4O3S. The highest BCUT2D eigenvalue weighted by atomic mass is 32.1. The van der Waals surface area contributed by atoms with Crippen molar-refractivity contribution in [3.63, 3.8) is 0 Å². The summed E-state index contributed by atoms with van der Waals surface area (Å²) in [6.45, 7) is 0.364. The van der Waals surface area contributed by atoms with E-state index >= 15 is 0 Å². The van der Waals surface area contributed by atoms with E-state index in [1.807, 2.05) is 0 Å². The molecule has 2 rings (SSSR count). The summed E-state index contributed by atoms with van der Waals surface area (Å²) in [5, 5.41) is 13.9. The summed E-state index contributed by atoms with van der Waals surface area (Å²) >= 11 is 1.43. The minimum atomic E-state index is -1.10. The van der Waals surface area contributed by atoms with Gasteiger partial charge in [-0.3, -0.25) is 9.97 Å². The zero-order valence-electron chi connectivity index (χ0n) is 9.66. The molecule has 0 aliphatic carbocycles. The van der Waals surface area contributed by atoms with Gasteiger partial charge in [0.15, 0.2) is 0 Å². The van der Waals surface area contributed by atoms with Crippen molar-refractivity contribution >= 4 is 29.0 Å². The minimum absolute atomic E-state index is 0.0141. The number of urea groups is 1. The topological polar surface area (TPSA) is 104 Å². The SMILES string of the molecule is O=C(NCc1cncs1)Nc1cncc(C(=O)O)c1. The Bertz CT molecular complexity index is 585. The number of carbonyl (C=O) groups excluding carboxylic acids is 1. The van der Waals surface area contributed by atoms with Crippen LogP contribution in [0.15, 0.2) is 30.2 Å². The van der Waals surface area contributed by atoms with E-state index in [1.165, 1.54) is 29.8 Å². The Balaban J connectivity index is 1.91. The molecule has 2 heterocycles. The number of aromatic nitrogens is 2. The number of carbonyl (C=O) groups is 2. The zero-order chi connectivity index (χ0) is 13.7. The van der Waals surface area contributed by atoms with Crippen molar-refractivity contribution in [1.29, 1.82) is 0 Å². The third-order valence-electron chi connectivity index (χ3n) is 2.15. The number of aromatic carboxylic acids is 1. The molecule has 2 aromatic heterocycles. The second-order valence-electron chi connectivity index (χ2n) is 3.54. The van der Waals surface area contributed by atoms with E-state index in [0.29, 0.717) is 12.2 Å². The van der Waals surface area contributed by atoms with Gasteiger partial charge in [0.25, 0.3) is 0 Å². The summed E-state index contributed by atoms with van der Waals surface area (Å²) in [5.41, 5.74) is 2.01. The summed E-state index contributed by atoms with van der Waals surface area (Å²) < 4.78 is 0. The minimum Gasteiger partial charge on any atom is -0.478 e. The predicted octanol–water partition coefficient (Wildman–Crippen LogP) is 1.56. The van der Waals surface area contributed by atoms with E-state index in [2.05, 4.69) is 20.6 Å². The van der Waals surface area contributed by atoms with Crippen LogP contribution in [-0.2, 0) is 6.54 Å². The van der Waals surface area contributed by atoms with Gasteiger partial charge in [0.2, 0.25) is 0 Å². The maximum atomic E-state index is 11.6. The number of amides is 2. The molecule has 2 amide bonds. The van der Waals surface area contributed by atoms with Crippen LogP contribution in [0.25, 0.3) is 0 Å². The van der Waals surface area contributed by atoms with E-state index < -0.39 is 12.0 Å². The summed E-state index contributed by atoms with van der Waals surface area (Å²) in [6, 6.07) is 0.902. The molecule has 0 aliphatic rings. The number of thiazole rings is 1. The largest absolute Gasteiger partial charge is 0.478 e. The number of hydrogen-bond acceptors (Lipinski definition) is 5. The number of anilines is 1. The van der Waals surface area contributed by atoms with Gasteiger partial charge in [0, 0.05) is 17.3 Å². The molecule has 0 atom stereocenters. The van der Waals surface area contributed by atoms with Gasteiger partial charge in [-0.15, -0.1) is 11.3 Å². The predicted molar refractivity (Wildman–Crippen MR) is 69.2 cm³/mol. The number of nitrogens with zero attached hydrogens (tertiary/aromatic N) is 2. The first-order valence-corrected chi connectivity index (χ1v) is 6.13. The number of carboxylic acids is 1. The maximum absolute atomic E-state index is 11.6. The molecule has 2 aromatic rings. The maximum Gasteiger partial charge on any atom is 0.337 e. The fourth-order valence-corrected chi connectivity index (χ4v) is 1.83. The van der Waals surface area contributed by atoms with Crippen LogP contribution in [0.5, 0.6) is 0 Å². The third kappa shape index (κ3) is 3.75. The van der Waals surface area contributed by atoms with Crippen molar-refractivity contribution in [2.75, 3.05) is 5.32 Å². The molecule has 0 saturated heterocycles. The second-order valence-corrected chi connectivity index (χ2v) is 4.51. The number of pyridine rings is 1. The number of rotatable bonds is 4. The van der Waals surface area contributed by atoms with Crippen LogP contribution in [0.1, 0.15) is 15.2 Å². The first kappa shape index (κ1) is 13.0. The molecule has 8 heteroatoms. The highest BCUT2D eigenvalue weighted by molar-refractivity contribution is 7.09. The average Bonchev–Trinajstić information content (AvgIpc) is 2.90. The molecule has 98 valence electrons. The van der Waals surface area contributed by atoms with Gasteiger partial charge in [0.05, 0.1) is 29.5 Å². The van der Waals surface area contributed by atoms with Crippen LogP contribution < -0.4 is 10.6 Å². The summed E-state index contributed by atoms with van der Waals surface area (Å²) in [7, 11) is 0. The van der Waals surface area contributed by atoms with Crippen molar-refractivity contribution in [3.05, 3.63) is 40.6 Å². The molecule has 0 aromatic carbocycles. The van der Waals surface area contributed by atoms with E-state index in [1.54, 1.807) is 11.7 Å². The van der Waals surface area contributed by atoms with Crippen LogP contribution in [0, 0.1) is 0 Å². The number of hydrogen-bond donors (Lipinski definition) is 3. The Labute approximate surface area is 112 Å². The van der Waals surface area contributed by atoms with Crippen LogP contribution in [0.4, 0.5) is 10.5 Å². The number of nitrogens with one attached hydrogen (secondary N) is 2. The van der Waals surface area contributed by atoms with Gasteiger partial charge < -0.3 is 15.7 Å². The average molecular weight is 278 g/mol. The van der Waals surface area contributed by atoms with Crippen LogP contribution in [-0.4, -0.2) is 27.1 Å². The smallest absolute Gasteiger partial charge is 0.337 e. The quantitative estimate of drug-likeness (QED) is 0.787. The van der Waals surface area contributed by atoms with Crippen LogP contribution in [0.2, 0.25) is 0 Å². The summed E-state index contributed by atoms with van der Waals surface area (Å²) in [4.78, 5) is 30.9. The first-order valence-electron chi connectivity index (χ1n) is 5.25. The van der Waals surface area contributed by atoms with Crippen molar-refractivity contribution in [3.8, 4) is 0 Å². The lowest BCUT2D eigenvalue weighted by Gasteiger charge is -2.06. The molecule has 0 spiro atoms. The Hall–Kier alpha value is -2.48. The van der Waals surface area contributed by atoms with Crippen LogP contribution >= 0.6 is 11.3 Å². The second kappa shape index (κ2) is 5.91. The molecular weight excluding hydrogens is 268 g/mol. The van der Waals surface area contributed by atoms with Gasteiger partial charge >= 0.3 is 12.0 Å². The van der Waals surface area contributed by atoms with Crippen LogP contribution in [0.3, 0.4) is 0 Å². The highest BCUT2D eigenvalue weighted by Gasteiger charge is 2.07. The molecule has 19 heavy (non-hydrogen) atoms. The van der Waals surface area contributed by atoms with Crippen molar-refractivity contribution in [2.45, 2.75) is 6.54 Å². The molecule has 0 saturated carbocycles. The van der Waals surface area contributed by atoms with Gasteiger partial charge in [0.1, 0.15) is 0 Å². The molecule has 0 fully saturated rings. The van der Waals surface area contributed by atoms with Gasteiger partial charge in [-0.05, 0) is 6.07 Å². The summed E-state index contributed by atoms with van der Waals surface area (Å²) in [6.07, 6.45) is 4.25. The van der Waals surface area contributed by atoms with Crippen molar-refractivity contribution in [1.82, 2.24) is 15.3 Å². The van der Waals surface area contributed by atoms with Gasteiger partial charge in [-0.1, -0.05) is 0 Å². The standard InChI is InChI=1S/C11H10N4O3S/c16-10(17)7-1-8(3-12-2-7)15-11(18)14-5-9-4-13-6-19-9/h1-4,6H,5H2,(H,16,17)(H2,14,15,18). The van der Waals surface area contributed by atoms with E-state index in [-0.39, 0.29) is 5.56 Å². The Kier molecular flexibility index (Phi) is 4.04. The molecule has 0 radical (unpaired) electrons. The zero-order valence-corrected chi connectivity index (χ0v) is 10.5. The Morgan fingerprint density at radius 2 is 2.11 bits per heavy atom. The van der Waals surface area contributed by atoms with E-state index in [9.17, 15) is 9.59 Å². The molecule has 3 N–H and O–H groups in total. The van der Waals surface area contributed by atoms with E-state index in [0.717, 1.165) is 4.88 Å². The van der Waals surface area contributed by atoms with Crippen molar-refractivity contribution < 1.29 is 14.7 Å². The molecule has 7 nitrogen and oxygen atoms in total. The van der Waals surface area contributed by atoms with Gasteiger partial charge in [-0.25, -0.2) is 9.59 Å². The molecule has 0 unspecified atom stereocenters. The lowest BCUT2D eigenvalue weighted by atomic mass is 10.3.